The van der Waals surface area contributed by atoms with Crippen LogP contribution in [0.5, 0.6) is 0 Å². The molecule has 14 heavy (non-hydrogen) atoms. The molecular formula is C10H18Cl2NTi. The molecule has 4 bridgehead atoms. The fourth-order valence-corrected chi connectivity index (χ4v) is 4.74. The molecule has 0 radical (unpaired) electrons. The van der Waals surface area contributed by atoms with Crippen LogP contribution in [0.4, 0.5) is 0 Å². The van der Waals surface area contributed by atoms with E-state index < -0.39 is 0 Å². The van der Waals surface area contributed by atoms with Gasteiger partial charge in [0.25, 0.3) is 0 Å². The normalized spacial score (nSPS) is 48.1. The van der Waals surface area contributed by atoms with Gasteiger partial charge >= 0.3 is 86.3 Å². The number of hydrogen-bond acceptors (Lipinski definition) is 1. The number of hydrogen-bond donors (Lipinski definition) is 1. The van der Waals surface area contributed by atoms with E-state index in [1.807, 2.05) is 0 Å². The zero-order valence-electron chi connectivity index (χ0n) is 8.29. The van der Waals surface area contributed by atoms with E-state index in [9.17, 15) is 0 Å². The summed E-state index contributed by atoms with van der Waals surface area (Å²) in [4.78, 5) is 0. The van der Waals surface area contributed by atoms with E-state index in [-0.39, 0.29) is 24.8 Å². The summed E-state index contributed by atoms with van der Waals surface area (Å²) in [5.41, 5.74) is 0.592. The van der Waals surface area contributed by atoms with Crippen LogP contribution in [-0.2, 0) is 20.7 Å². The van der Waals surface area contributed by atoms with Crippen molar-refractivity contribution in [3.63, 3.8) is 0 Å². The molecule has 0 aromatic heterocycles. The summed E-state index contributed by atoms with van der Waals surface area (Å²) in [5.74, 6) is 3.26. The molecule has 0 amide bonds. The first-order valence-electron chi connectivity index (χ1n) is 5.23. The Kier molecular flexibility index (Phi) is 4.41. The third-order valence-electron chi connectivity index (χ3n) is 4.30. The molecule has 1 nitrogen and oxygen atoms in total. The van der Waals surface area contributed by atoms with Gasteiger partial charge in [-0.2, -0.15) is 0 Å². The molecule has 0 saturated heterocycles. The average molecular weight is 271 g/mol. The van der Waals surface area contributed by atoms with Crippen molar-refractivity contribution in [1.82, 2.24) is 3.80 Å². The second-order valence-corrected chi connectivity index (χ2v) is 5.71. The Balaban J connectivity index is 0.000000490. The van der Waals surface area contributed by atoms with Crippen molar-refractivity contribution in [2.24, 2.45) is 17.8 Å². The van der Waals surface area contributed by atoms with Crippen molar-refractivity contribution >= 4 is 24.8 Å². The summed E-state index contributed by atoms with van der Waals surface area (Å²) >= 11 is 2.17. The summed E-state index contributed by atoms with van der Waals surface area (Å²) < 4.78 is 3.61. The molecule has 4 aliphatic carbocycles. The van der Waals surface area contributed by atoms with Crippen LogP contribution in [0.3, 0.4) is 0 Å². The Hall–Kier alpha value is 1.25. The molecule has 4 aliphatic rings. The van der Waals surface area contributed by atoms with Gasteiger partial charge in [0.15, 0.2) is 0 Å². The van der Waals surface area contributed by atoms with Gasteiger partial charge in [-0.05, 0) is 0 Å². The Bertz CT molecular complexity index is 175. The van der Waals surface area contributed by atoms with Crippen molar-refractivity contribution < 1.29 is 20.7 Å². The molecule has 0 aromatic carbocycles. The number of halogens is 2. The summed E-state index contributed by atoms with van der Waals surface area (Å²) in [6, 6.07) is 0. The van der Waals surface area contributed by atoms with E-state index in [0.717, 1.165) is 17.8 Å². The summed E-state index contributed by atoms with van der Waals surface area (Å²) in [7, 11) is 0. The van der Waals surface area contributed by atoms with Crippen LogP contribution in [0, 0.1) is 17.8 Å². The van der Waals surface area contributed by atoms with E-state index in [0.29, 0.717) is 5.54 Å². The monoisotopic (exact) mass is 270 g/mol. The van der Waals surface area contributed by atoms with Crippen LogP contribution in [0.2, 0.25) is 0 Å². The average Bonchev–Trinajstić information content (AvgIpc) is 2.02. The molecule has 0 spiro atoms. The first-order chi connectivity index (χ1) is 5.80. The summed E-state index contributed by atoms with van der Waals surface area (Å²) in [6.45, 7) is 0. The molecule has 0 heterocycles. The van der Waals surface area contributed by atoms with Crippen molar-refractivity contribution in [1.29, 1.82) is 0 Å². The third kappa shape index (κ3) is 2.04. The molecular weight excluding hydrogens is 253 g/mol. The fourth-order valence-electron chi connectivity index (χ4n) is 4.26. The van der Waals surface area contributed by atoms with E-state index in [1.54, 1.807) is 19.3 Å². The van der Waals surface area contributed by atoms with E-state index in [2.05, 4.69) is 24.5 Å². The molecule has 4 fully saturated rings. The molecule has 4 saturated carbocycles. The molecule has 0 aromatic rings. The number of nitrogens with one attached hydrogen (secondary N) is 1. The van der Waals surface area contributed by atoms with E-state index >= 15 is 0 Å². The zero-order valence-corrected chi connectivity index (χ0v) is 11.5. The zero-order chi connectivity index (χ0) is 8.18. The molecule has 81 valence electrons. The van der Waals surface area contributed by atoms with Gasteiger partial charge in [0.05, 0.1) is 0 Å². The van der Waals surface area contributed by atoms with Crippen LogP contribution in [-0.4, -0.2) is 5.54 Å². The second-order valence-electron chi connectivity index (χ2n) is 5.32. The van der Waals surface area contributed by atoms with Gasteiger partial charge in [-0.3, -0.25) is 0 Å². The van der Waals surface area contributed by atoms with Gasteiger partial charge in [0.2, 0.25) is 0 Å². The predicted octanol–water partition coefficient (Wildman–Crippen LogP) is 2.85. The molecule has 0 unspecified atom stereocenters. The quantitative estimate of drug-likeness (QED) is 0.723. The van der Waals surface area contributed by atoms with Crippen LogP contribution in [0.25, 0.3) is 0 Å². The van der Waals surface area contributed by atoms with Gasteiger partial charge in [-0.15, -0.1) is 24.8 Å². The van der Waals surface area contributed by atoms with Gasteiger partial charge in [0.1, 0.15) is 0 Å². The minimum absolute atomic E-state index is 0. The van der Waals surface area contributed by atoms with Gasteiger partial charge in [-0.25, -0.2) is 0 Å². The summed E-state index contributed by atoms with van der Waals surface area (Å²) in [5, 5.41) is 0. The maximum absolute atomic E-state index is 3.61. The maximum atomic E-state index is 3.61. The van der Waals surface area contributed by atoms with Crippen molar-refractivity contribution in [3.8, 4) is 0 Å². The van der Waals surface area contributed by atoms with Crippen LogP contribution in [0.1, 0.15) is 38.5 Å². The molecule has 4 rings (SSSR count). The first-order valence-corrected chi connectivity index (χ1v) is 6.02. The topological polar surface area (TPSA) is 12.0 Å². The van der Waals surface area contributed by atoms with Crippen LogP contribution < -0.4 is 3.80 Å². The van der Waals surface area contributed by atoms with Gasteiger partial charge < -0.3 is 0 Å². The van der Waals surface area contributed by atoms with Crippen LogP contribution >= 0.6 is 24.8 Å². The predicted molar refractivity (Wildman–Crippen MR) is 58.5 cm³/mol. The Labute approximate surface area is 111 Å². The molecule has 1 N–H and O–H groups in total. The minimum atomic E-state index is 0. The van der Waals surface area contributed by atoms with Gasteiger partial charge in [-0.1, -0.05) is 0 Å². The van der Waals surface area contributed by atoms with E-state index in [1.165, 1.54) is 19.3 Å². The fraction of sp³-hybridized carbons (Fsp3) is 1.00. The van der Waals surface area contributed by atoms with Crippen molar-refractivity contribution in [3.05, 3.63) is 0 Å². The molecule has 0 aliphatic heterocycles. The van der Waals surface area contributed by atoms with Crippen LogP contribution in [0.15, 0.2) is 0 Å². The van der Waals surface area contributed by atoms with E-state index in [4.69, 9.17) is 0 Å². The molecule has 0 atom stereocenters. The second kappa shape index (κ2) is 4.63. The van der Waals surface area contributed by atoms with Gasteiger partial charge in [0, 0.05) is 0 Å². The Morgan fingerprint density at radius 1 is 0.857 bits per heavy atom. The van der Waals surface area contributed by atoms with Crippen molar-refractivity contribution in [2.75, 3.05) is 0 Å². The molecule has 4 heteroatoms. The SMILES string of the molecule is Cl.Cl.[Ti][NH]C12CC3CC(CC(C3)C1)C2. The Morgan fingerprint density at radius 3 is 1.50 bits per heavy atom. The van der Waals surface area contributed by atoms with Crippen molar-refractivity contribution in [2.45, 2.75) is 44.1 Å². The standard InChI is InChI=1S/C10H16N.2ClH.Ti/c11-10-4-7-1-8(5-10)3-9(2-7)6-10;;;/h7-9,11H,1-6H2;2*1H;/q-1;;;+1. The number of rotatable bonds is 1. The summed E-state index contributed by atoms with van der Waals surface area (Å²) in [6.07, 6.45) is 9.11. The third-order valence-corrected chi connectivity index (χ3v) is 5.13. The Morgan fingerprint density at radius 2 is 1.21 bits per heavy atom. The first kappa shape index (κ1) is 13.3.